The van der Waals surface area contributed by atoms with Crippen LogP contribution in [0.2, 0.25) is 0 Å². The maximum absolute atomic E-state index is 13.5. The van der Waals surface area contributed by atoms with Crippen molar-refractivity contribution in [2.45, 2.75) is 196 Å². The van der Waals surface area contributed by atoms with Gasteiger partial charge in [0.25, 0.3) is 0 Å². The predicted molar refractivity (Wildman–Crippen MR) is 545 cm³/mol. The summed E-state index contributed by atoms with van der Waals surface area (Å²) in [6.45, 7) is 18.0. The minimum Gasteiger partial charge on any atom is -0.497 e. The number of nitrogens with zero attached hydrogens (tertiary/aromatic N) is 5. The van der Waals surface area contributed by atoms with E-state index in [9.17, 15) is 24.0 Å². The number of carbonyl (C=O) groups is 5. The number of methoxy groups -OCH3 is 2. The van der Waals surface area contributed by atoms with Gasteiger partial charge in [0.05, 0.1) is 14.2 Å². The topological polar surface area (TPSA) is 128 Å². The number of hydrogen-bond acceptors (Lipinski definition) is 7. The number of aromatic nitrogens is 5. The van der Waals surface area contributed by atoms with Gasteiger partial charge in [0.1, 0.15) is 11.5 Å². The Balaban J connectivity index is 0.000000132. The lowest BCUT2D eigenvalue weighted by molar-refractivity contribution is 0.0989. The van der Waals surface area contributed by atoms with Gasteiger partial charge in [0, 0.05) is 180 Å². The molecule has 0 atom stereocenters. The number of para-hydroxylation sites is 6. The highest BCUT2D eigenvalue weighted by Crippen LogP contribution is 2.35. The van der Waals surface area contributed by atoms with Crippen molar-refractivity contribution in [3.8, 4) is 11.5 Å². The van der Waals surface area contributed by atoms with E-state index in [2.05, 4.69) is 186 Å². The summed E-state index contributed by atoms with van der Waals surface area (Å²) in [5.74, 6) is 2.04. The van der Waals surface area contributed by atoms with Crippen molar-refractivity contribution >= 4 is 116 Å². The molecule has 0 N–H and O–H groups in total. The molecule has 0 radical (unpaired) electrons. The van der Waals surface area contributed by atoms with E-state index in [1.807, 2.05) is 200 Å². The number of rotatable bonds is 36. The smallest absolute Gasteiger partial charge is 0.195 e. The van der Waals surface area contributed by atoms with Crippen LogP contribution in [0.25, 0.3) is 86.8 Å². The molecule has 0 fully saturated rings. The van der Waals surface area contributed by atoms with E-state index < -0.39 is 0 Å². The van der Waals surface area contributed by atoms with E-state index in [4.69, 9.17) is 9.47 Å². The third kappa shape index (κ3) is 22.4. The second-order valence-electron chi connectivity index (χ2n) is 34.3. The van der Waals surface area contributed by atoms with Gasteiger partial charge in [0.2, 0.25) is 0 Å². The molecule has 0 amide bonds. The number of benzene rings is 13. The summed E-state index contributed by atoms with van der Waals surface area (Å²) >= 11 is 0. The van der Waals surface area contributed by atoms with Crippen molar-refractivity contribution in [3.63, 3.8) is 0 Å². The third-order valence-electron chi connectivity index (χ3n) is 25.3. The zero-order valence-electron chi connectivity index (χ0n) is 77.7. The standard InChI is InChI=1S/C26H27NO.2C25H25NO.C22H25NO2.C21H23NO2/c1-2-3-4-5-10-18-27-19-24(22-15-8-9-17-25(22)27)26(28)23-16-11-13-20-12-6-7-14-21(20)23;1-3-4-9-16-26-17-23(21-12-7-8-13-24(21)26)25(27)22-15-14-18(2)19-10-5-6-11-20(19)22;1-2-3-4-9-17-26-18-23(21-14-7-8-16-24(21)26)25(27)22-15-10-12-19-11-5-6-13-20(19)22;1-3-4-9-14-23-16-19(18-11-6-7-12-20(18)23)21(24)15-17-10-5-8-13-22(17)25-2;1-3-4-7-14-22-15-19(18-8-5-6-9-20(18)22)21(23)16-10-12-17(24-2)13-11-16/h6-9,11-17,19H,2-5,10,18H2,1H3;5-8,10-15,17H,3-4,9,16H2,1-2H3;5-8,10-16,18H,2-4,9,17H2,1H3;5-8,10-13,16H,3-4,9,14-15H2,1-2H3;5-6,8-13,15H,3-4,7,14H2,1-2H3. The van der Waals surface area contributed by atoms with E-state index in [-0.39, 0.29) is 28.9 Å². The van der Waals surface area contributed by atoms with Gasteiger partial charge in [0.15, 0.2) is 28.9 Å². The van der Waals surface area contributed by atoms with Gasteiger partial charge < -0.3 is 32.3 Å². The van der Waals surface area contributed by atoms with Gasteiger partial charge in [-0.15, -0.1) is 0 Å². The molecule has 131 heavy (non-hydrogen) atoms. The Morgan fingerprint density at radius 3 is 0.939 bits per heavy atom. The Labute approximate surface area is 772 Å². The highest BCUT2D eigenvalue weighted by Gasteiger charge is 2.25. The highest BCUT2D eigenvalue weighted by atomic mass is 16.5. The zero-order chi connectivity index (χ0) is 91.4. The van der Waals surface area contributed by atoms with Crippen LogP contribution >= 0.6 is 0 Å². The molecule has 5 aromatic heterocycles. The molecular formula is C119H125N5O7. The molecule has 0 aliphatic rings. The van der Waals surface area contributed by atoms with Gasteiger partial charge in [-0.2, -0.15) is 0 Å². The second-order valence-corrected chi connectivity index (χ2v) is 34.3. The first-order chi connectivity index (χ1) is 64.3. The van der Waals surface area contributed by atoms with Gasteiger partial charge in [-0.25, -0.2) is 0 Å². The van der Waals surface area contributed by atoms with Crippen molar-refractivity contribution < 1.29 is 33.4 Å². The average Bonchev–Trinajstić information content (AvgIpc) is 1.69. The van der Waals surface area contributed by atoms with Crippen LogP contribution in [0.3, 0.4) is 0 Å². The lowest BCUT2D eigenvalue weighted by Gasteiger charge is -2.08. The Hall–Kier alpha value is -13.7. The van der Waals surface area contributed by atoms with Crippen molar-refractivity contribution in [2.24, 2.45) is 0 Å². The average molecular weight is 1740 g/mol. The number of fused-ring (bicyclic) bond motifs is 8. The second kappa shape index (κ2) is 46.5. The first kappa shape index (κ1) is 93.4. The largest absolute Gasteiger partial charge is 0.497 e. The number of unbranched alkanes of at least 4 members (excludes halogenated alkanes) is 13. The third-order valence-corrected chi connectivity index (χ3v) is 25.3. The number of hydrogen-bond donors (Lipinski definition) is 0. The fourth-order valence-electron chi connectivity index (χ4n) is 18.2. The molecule has 0 spiro atoms. The summed E-state index contributed by atoms with van der Waals surface area (Å²) in [6, 6.07) is 96.5. The van der Waals surface area contributed by atoms with Gasteiger partial charge in [-0.3, -0.25) is 24.0 Å². The minimum atomic E-state index is 0.0584. The summed E-state index contributed by atoms with van der Waals surface area (Å²) in [6.07, 6.45) is 32.3. The number of ketones is 5. The normalized spacial score (nSPS) is 11.2. The number of aryl methyl sites for hydroxylation is 6. The summed E-state index contributed by atoms with van der Waals surface area (Å²) in [7, 11) is 3.27. The summed E-state index contributed by atoms with van der Waals surface area (Å²) in [5.41, 5.74) is 14.9. The van der Waals surface area contributed by atoms with Gasteiger partial charge >= 0.3 is 0 Å². The first-order valence-corrected chi connectivity index (χ1v) is 47.6. The lowest BCUT2D eigenvalue weighted by Crippen LogP contribution is -2.04. The molecule has 12 heteroatoms. The molecule has 0 unspecified atom stereocenters. The fourth-order valence-corrected chi connectivity index (χ4v) is 18.2. The Bertz CT molecular complexity index is 6910. The quantitative estimate of drug-likeness (QED) is 0.0282. The van der Waals surface area contributed by atoms with E-state index in [1.165, 1.54) is 89.0 Å². The Morgan fingerprint density at radius 2 is 0.542 bits per heavy atom. The Kier molecular flexibility index (Phi) is 33.2. The Morgan fingerprint density at radius 1 is 0.244 bits per heavy atom. The van der Waals surface area contributed by atoms with Gasteiger partial charge in [-0.05, 0) is 138 Å². The molecule has 0 bridgehead atoms. The summed E-state index contributed by atoms with van der Waals surface area (Å²) < 4.78 is 21.7. The summed E-state index contributed by atoms with van der Waals surface area (Å²) in [4.78, 5) is 66.4. The van der Waals surface area contributed by atoms with E-state index in [1.54, 1.807) is 14.2 Å². The van der Waals surface area contributed by atoms with Crippen LogP contribution in [-0.2, 0) is 39.1 Å². The van der Waals surface area contributed by atoms with Crippen LogP contribution < -0.4 is 9.47 Å². The number of Topliss-reactive ketones (excluding diaryl/α,β-unsaturated/α-hetero) is 1. The van der Waals surface area contributed by atoms with E-state index in [0.717, 1.165) is 213 Å². The van der Waals surface area contributed by atoms with Crippen molar-refractivity contribution in [3.05, 3.63) is 383 Å². The molecule has 5 heterocycles. The van der Waals surface area contributed by atoms with Crippen LogP contribution in [0.15, 0.2) is 322 Å². The molecule has 18 rings (SSSR count). The first-order valence-electron chi connectivity index (χ1n) is 47.6. The predicted octanol–water partition coefficient (Wildman–Crippen LogP) is 30.5. The highest BCUT2D eigenvalue weighted by molar-refractivity contribution is 6.24. The molecule has 0 aliphatic heterocycles. The number of carbonyl (C=O) groups excluding carboxylic acids is 5. The van der Waals surface area contributed by atoms with Gasteiger partial charge in [-0.1, -0.05) is 349 Å². The molecule has 668 valence electrons. The van der Waals surface area contributed by atoms with Crippen LogP contribution in [0.4, 0.5) is 0 Å². The van der Waals surface area contributed by atoms with Crippen LogP contribution in [0.1, 0.15) is 235 Å². The summed E-state index contributed by atoms with van der Waals surface area (Å²) in [5, 5.41) is 11.6. The zero-order valence-corrected chi connectivity index (χ0v) is 77.7. The molecule has 12 nitrogen and oxygen atoms in total. The molecule has 0 saturated heterocycles. The molecule has 0 saturated carbocycles. The molecule has 0 aliphatic carbocycles. The lowest BCUT2D eigenvalue weighted by atomic mass is 9.95. The van der Waals surface area contributed by atoms with Crippen LogP contribution in [0.5, 0.6) is 11.5 Å². The molecular weight excluding hydrogens is 1610 g/mol. The maximum Gasteiger partial charge on any atom is 0.195 e. The monoisotopic (exact) mass is 1740 g/mol. The van der Waals surface area contributed by atoms with Crippen molar-refractivity contribution in [1.82, 2.24) is 22.8 Å². The molecule has 13 aromatic carbocycles. The van der Waals surface area contributed by atoms with Crippen molar-refractivity contribution in [2.75, 3.05) is 14.2 Å². The van der Waals surface area contributed by atoms with Crippen LogP contribution in [0, 0.1) is 6.92 Å². The fraction of sp³-hybridized carbons (Fsp3) is 0.269. The van der Waals surface area contributed by atoms with E-state index >= 15 is 0 Å². The number of ether oxygens (including phenoxy) is 2. The van der Waals surface area contributed by atoms with E-state index in [0.29, 0.717) is 12.0 Å². The SMILES string of the molecule is CCCCCCCn1cc(C(=O)c2cccc3ccccc23)c2ccccc21.CCCCCCn1cc(C(=O)c2cccc3ccccc23)c2ccccc21.CCCCCn1cc(C(=O)Cc2ccccc2OC)c2ccccc21.CCCCCn1cc(C(=O)c2ccc(C)c3ccccc23)c2ccccc21.CCCCCn1cc(C(=O)c2ccc(OC)cc2)c2ccccc21. The minimum absolute atomic E-state index is 0.0584. The molecule has 18 aromatic rings. The maximum atomic E-state index is 13.5. The van der Waals surface area contributed by atoms with Crippen molar-refractivity contribution in [1.29, 1.82) is 0 Å². The van der Waals surface area contributed by atoms with Crippen LogP contribution in [-0.4, -0.2) is 66.0 Å².